The number of hydrogen-bond acceptors (Lipinski definition) is 3. The van der Waals surface area contributed by atoms with Gasteiger partial charge in [-0.25, -0.2) is 0 Å². The molecule has 0 unspecified atom stereocenters. The van der Waals surface area contributed by atoms with Crippen LogP contribution in [0, 0.1) is 0 Å². The second-order valence-electron chi connectivity index (χ2n) is 6.00. The quantitative estimate of drug-likeness (QED) is 0.307. The van der Waals surface area contributed by atoms with E-state index in [1.165, 1.54) is 19.3 Å². The third-order valence-corrected chi connectivity index (χ3v) is 4.34. The van der Waals surface area contributed by atoms with Crippen LogP contribution in [0.1, 0.15) is 49.7 Å². The van der Waals surface area contributed by atoms with Crippen molar-refractivity contribution in [3.8, 4) is 0 Å². The van der Waals surface area contributed by atoms with Gasteiger partial charge in [0.1, 0.15) is 6.61 Å². The molecule has 0 atom stereocenters. The van der Waals surface area contributed by atoms with Crippen molar-refractivity contribution in [1.82, 2.24) is 0 Å². The van der Waals surface area contributed by atoms with Crippen LogP contribution in [0.3, 0.4) is 0 Å². The summed E-state index contributed by atoms with van der Waals surface area (Å²) in [6, 6.07) is 19.3. The van der Waals surface area contributed by atoms with Crippen LogP contribution in [-0.4, -0.2) is 16.4 Å². The molecule has 0 saturated carbocycles. The van der Waals surface area contributed by atoms with E-state index in [4.69, 9.17) is 9.84 Å². The first kappa shape index (κ1) is 22.4. The number of halogens is 1. The van der Waals surface area contributed by atoms with Crippen LogP contribution in [0.15, 0.2) is 60.7 Å². The number of ether oxygens (including phenoxy) is 1. The predicted octanol–water partition coefficient (Wildman–Crippen LogP) is 5.64. The average Bonchev–Trinajstić information content (AvgIpc) is 2.71. The maximum Gasteiger partial charge on any atom is 0.306 e. The van der Waals surface area contributed by atoms with E-state index in [1.54, 1.807) is 0 Å². The number of carbonyl (C=O) groups is 1. The molecule has 142 valence electrons. The van der Waals surface area contributed by atoms with Gasteiger partial charge < -0.3 is 9.84 Å². The van der Waals surface area contributed by atoms with Gasteiger partial charge in [-0.3, -0.25) is 4.79 Å². The Labute approximate surface area is 165 Å². The molecule has 0 heterocycles. The van der Waals surface area contributed by atoms with E-state index in [2.05, 4.69) is 15.9 Å². The van der Waals surface area contributed by atoms with Crippen LogP contribution in [0.25, 0.3) is 0 Å². The molecule has 4 heteroatoms. The summed E-state index contributed by atoms with van der Waals surface area (Å²) in [6.07, 6.45) is 6.27. The number of esters is 1. The molecule has 0 aromatic heterocycles. The van der Waals surface area contributed by atoms with Gasteiger partial charge >= 0.3 is 5.97 Å². The highest BCUT2D eigenvalue weighted by Gasteiger charge is 2.02. The molecule has 0 aliphatic heterocycles. The van der Waals surface area contributed by atoms with Crippen LogP contribution in [0.4, 0.5) is 0 Å². The molecule has 0 bridgehead atoms. The summed E-state index contributed by atoms with van der Waals surface area (Å²) in [6.45, 7) is 0.532. The van der Waals surface area contributed by atoms with Crippen LogP contribution in [0.2, 0.25) is 0 Å². The summed E-state index contributed by atoms with van der Waals surface area (Å²) in [5.41, 5.74) is 2.01. The second kappa shape index (κ2) is 15.6. The molecule has 3 nitrogen and oxygen atoms in total. The molecule has 26 heavy (non-hydrogen) atoms. The Kier molecular flexibility index (Phi) is 13.4. The van der Waals surface area contributed by atoms with Crippen molar-refractivity contribution in [2.75, 3.05) is 5.33 Å². The molecule has 2 aromatic rings. The Morgan fingerprint density at radius 3 is 1.88 bits per heavy atom. The van der Waals surface area contributed by atoms with Gasteiger partial charge in [0, 0.05) is 11.8 Å². The number of unbranched alkanes of at least 4 members (excludes halogenated alkanes) is 4. The second-order valence-corrected chi connectivity index (χ2v) is 6.79. The summed E-state index contributed by atoms with van der Waals surface area (Å²) < 4.78 is 5.21. The standard InChI is InChI=1S/C15H21BrO2.C7H8O/c16-12-8-3-1-2-7-11-15(17)18-13-14-9-5-4-6-10-14;8-6-7-4-2-1-3-5-7/h4-6,9-10H,1-3,7-8,11-13H2;1-5,8H,6H2. The number of benzene rings is 2. The summed E-state index contributed by atoms with van der Waals surface area (Å²) in [4.78, 5) is 11.5. The molecule has 0 amide bonds. The zero-order valence-electron chi connectivity index (χ0n) is 15.3. The lowest BCUT2D eigenvalue weighted by Crippen LogP contribution is -2.04. The Bertz CT molecular complexity index is 572. The molecule has 0 radical (unpaired) electrons. The maximum atomic E-state index is 11.5. The van der Waals surface area contributed by atoms with Crippen molar-refractivity contribution in [2.24, 2.45) is 0 Å². The van der Waals surface area contributed by atoms with E-state index in [-0.39, 0.29) is 12.6 Å². The van der Waals surface area contributed by atoms with Gasteiger partial charge in [-0.1, -0.05) is 95.9 Å². The lowest BCUT2D eigenvalue weighted by molar-refractivity contribution is -0.145. The molecule has 2 rings (SSSR count). The minimum atomic E-state index is -0.0839. The third kappa shape index (κ3) is 11.8. The van der Waals surface area contributed by atoms with E-state index in [1.807, 2.05) is 60.7 Å². The van der Waals surface area contributed by atoms with Gasteiger partial charge in [-0.05, 0) is 24.0 Å². The first-order valence-corrected chi connectivity index (χ1v) is 10.3. The Balaban J connectivity index is 0.000000350. The number of alkyl halides is 1. The fourth-order valence-electron chi connectivity index (χ4n) is 2.29. The first-order valence-electron chi connectivity index (χ1n) is 9.16. The van der Waals surface area contributed by atoms with Crippen LogP contribution >= 0.6 is 15.9 Å². The summed E-state index contributed by atoms with van der Waals surface area (Å²) >= 11 is 3.41. The van der Waals surface area contributed by atoms with E-state index >= 15 is 0 Å². The highest BCUT2D eigenvalue weighted by molar-refractivity contribution is 9.09. The van der Waals surface area contributed by atoms with Gasteiger partial charge in [0.05, 0.1) is 6.61 Å². The third-order valence-electron chi connectivity index (χ3n) is 3.78. The van der Waals surface area contributed by atoms with Gasteiger partial charge in [-0.15, -0.1) is 0 Å². The topological polar surface area (TPSA) is 46.5 Å². The summed E-state index contributed by atoms with van der Waals surface area (Å²) in [7, 11) is 0. The van der Waals surface area contributed by atoms with Gasteiger partial charge in [0.2, 0.25) is 0 Å². The normalized spacial score (nSPS) is 9.92. The summed E-state index contributed by atoms with van der Waals surface area (Å²) in [5.74, 6) is -0.0839. The SMILES string of the molecule is O=C(CCCCCCCBr)OCc1ccccc1.OCc1ccccc1. The van der Waals surface area contributed by atoms with Crippen molar-refractivity contribution < 1.29 is 14.6 Å². The predicted molar refractivity (Wildman–Crippen MR) is 110 cm³/mol. The highest BCUT2D eigenvalue weighted by Crippen LogP contribution is 2.08. The molecule has 1 N–H and O–H groups in total. The zero-order chi connectivity index (χ0) is 18.9. The molecule has 0 aliphatic rings. The van der Waals surface area contributed by atoms with Crippen LogP contribution in [0.5, 0.6) is 0 Å². The average molecular weight is 421 g/mol. The van der Waals surface area contributed by atoms with Crippen molar-refractivity contribution in [1.29, 1.82) is 0 Å². The van der Waals surface area contributed by atoms with Crippen molar-refractivity contribution in [3.05, 3.63) is 71.8 Å². The monoisotopic (exact) mass is 420 g/mol. The zero-order valence-corrected chi connectivity index (χ0v) is 16.9. The fraction of sp³-hybridized carbons (Fsp3) is 0.409. The van der Waals surface area contributed by atoms with Crippen LogP contribution < -0.4 is 0 Å². The van der Waals surface area contributed by atoms with Crippen molar-refractivity contribution in [3.63, 3.8) is 0 Å². The molecule has 0 saturated heterocycles. The molecular formula is C22H29BrO3. The smallest absolute Gasteiger partial charge is 0.306 e. The largest absolute Gasteiger partial charge is 0.461 e. The first-order chi connectivity index (χ1) is 12.8. The Morgan fingerprint density at radius 2 is 1.35 bits per heavy atom. The van der Waals surface area contributed by atoms with E-state index in [0.29, 0.717) is 13.0 Å². The van der Waals surface area contributed by atoms with Crippen molar-refractivity contribution in [2.45, 2.75) is 51.7 Å². The molecule has 0 fully saturated rings. The van der Waals surface area contributed by atoms with Crippen molar-refractivity contribution >= 4 is 21.9 Å². The van der Waals surface area contributed by atoms with Gasteiger partial charge in [0.25, 0.3) is 0 Å². The van der Waals surface area contributed by atoms with Gasteiger partial charge in [0.15, 0.2) is 0 Å². The minimum absolute atomic E-state index is 0.0839. The van der Waals surface area contributed by atoms with Crippen LogP contribution in [-0.2, 0) is 22.7 Å². The number of aliphatic hydroxyl groups is 1. The van der Waals surface area contributed by atoms with E-state index < -0.39 is 0 Å². The summed E-state index contributed by atoms with van der Waals surface area (Å²) in [5, 5.41) is 9.61. The fourth-order valence-corrected chi connectivity index (χ4v) is 2.68. The molecule has 2 aromatic carbocycles. The molecule has 0 aliphatic carbocycles. The molecule has 0 spiro atoms. The maximum absolute atomic E-state index is 11.5. The number of hydrogen-bond donors (Lipinski definition) is 1. The highest BCUT2D eigenvalue weighted by atomic mass is 79.9. The lowest BCUT2D eigenvalue weighted by Gasteiger charge is -2.04. The number of aliphatic hydroxyl groups excluding tert-OH is 1. The Morgan fingerprint density at radius 1 is 0.808 bits per heavy atom. The Hall–Kier alpha value is -1.65. The lowest BCUT2D eigenvalue weighted by atomic mass is 10.1. The number of rotatable bonds is 10. The number of carbonyl (C=O) groups excluding carboxylic acids is 1. The van der Waals surface area contributed by atoms with E-state index in [9.17, 15) is 4.79 Å². The van der Waals surface area contributed by atoms with Gasteiger partial charge in [-0.2, -0.15) is 0 Å². The molecular weight excluding hydrogens is 392 g/mol. The van der Waals surface area contributed by atoms with E-state index in [0.717, 1.165) is 29.3 Å². The minimum Gasteiger partial charge on any atom is -0.461 e.